The molecule has 1 unspecified atom stereocenters. The summed E-state index contributed by atoms with van der Waals surface area (Å²) in [5.41, 5.74) is 5.97. The SMILES string of the molecule is CCCOc1ccc(C2c3c(nn(C)c3C)C(=O)N2c2cc(C)c3nnc(C)n3c2)cc1. The van der Waals surface area contributed by atoms with E-state index in [1.54, 1.807) is 4.68 Å². The van der Waals surface area contributed by atoms with Crippen molar-refractivity contribution in [3.05, 3.63) is 70.4 Å². The maximum absolute atomic E-state index is 13.6. The van der Waals surface area contributed by atoms with Gasteiger partial charge in [-0.2, -0.15) is 5.10 Å². The van der Waals surface area contributed by atoms with Crippen LogP contribution in [0.5, 0.6) is 5.75 Å². The van der Waals surface area contributed by atoms with Gasteiger partial charge in [0.2, 0.25) is 0 Å². The van der Waals surface area contributed by atoms with Gasteiger partial charge in [-0.3, -0.25) is 18.8 Å². The molecule has 1 aliphatic rings. The van der Waals surface area contributed by atoms with Crippen molar-refractivity contribution >= 4 is 17.2 Å². The Balaban J connectivity index is 1.66. The zero-order chi connectivity index (χ0) is 22.6. The van der Waals surface area contributed by atoms with Gasteiger partial charge in [0.05, 0.1) is 18.3 Å². The molecule has 0 spiro atoms. The van der Waals surface area contributed by atoms with Crippen molar-refractivity contribution in [1.82, 2.24) is 24.4 Å². The second-order valence-electron chi connectivity index (χ2n) is 8.29. The molecule has 4 aromatic rings. The number of nitrogens with zero attached hydrogens (tertiary/aromatic N) is 6. The quantitative estimate of drug-likeness (QED) is 0.479. The Bertz CT molecular complexity index is 1340. The molecule has 8 nitrogen and oxygen atoms in total. The minimum atomic E-state index is -0.278. The Morgan fingerprint density at radius 2 is 1.84 bits per heavy atom. The van der Waals surface area contributed by atoms with Gasteiger partial charge in [-0.05, 0) is 56.5 Å². The summed E-state index contributed by atoms with van der Waals surface area (Å²) in [7, 11) is 1.88. The van der Waals surface area contributed by atoms with E-state index in [0.29, 0.717) is 12.3 Å². The Kier molecular flexibility index (Phi) is 4.73. The fourth-order valence-corrected chi connectivity index (χ4v) is 4.40. The molecule has 0 aliphatic carbocycles. The maximum atomic E-state index is 13.6. The molecule has 0 N–H and O–H groups in total. The molecule has 1 amide bonds. The Labute approximate surface area is 186 Å². The van der Waals surface area contributed by atoms with Crippen LogP contribution in [0.25, 0.3) is 5.65 Å². The third-order valence-electron chi connectivity index (χ3n) is 6.12. The molecular weight excluding hydrogens is 404 g/mol. The number of benzene rings is 1. The van der Waals surface area contributed by atoms with Gasteiger partial charge in [-0.15, -0.1) is 10.2 Å². The minimum absolute atomic E-state index is 0.107. The van der Waals surface area contributed by atoms with Gasteiger partial charge in [0.15, 0.2) is 11.3 Å². The molecule has 8 heteroatoms. The predicted molar refractivity (Wildman–Crippen MR) is 121 cm³/mol. The number of aromatic nitrogens is 5. The Morgan fingerprint density at radius 1 is 1.09 bits per heavy atom. The van der Waals surface area contributed by atoms with Gasteiger partial charge >= 0.3 is 0 Å². The van der Waals surface area contributed by atoms with E-state index in [0.717, 1.165) is 51.7 Å². The molecule has 164 valence electrons. The number of amides is 1. The number of hydrogen-bond donors (Lipinski definition) is 0. The summed E-state index contributed by atoms with van der Waals surface area (Å²) in [4.78, 5) is 15.4. The van der Waals surface area contributed by atoms with Crippen LogP contribution in [-0.2, 0) is 7.05 Å². The van der Waals surface area contributed by atoms with Crippen LogP contribution in [0.1, 0.15) is 58.1 Å². The van der Waals surface area contributed by atoms with E-state index in [1.165, 1.54) is 0 Å². The molecule has 1 atom stereocenters. The summed E-state index contributed by atoms with van der Waals surface area (Å²) in [6.07, 6.45) is 2.89. The molecule has 0 saturated heterocycles. The van der Waals surface area contributed by atoms with Crippen LogP contribution < -0.4 is 9.64 Å². The van der Waals surface area contributed by atoms with E-state index in [9.17, 15) is 4.79 Å². The number of hydrogen-bond acceptors (Lipinski definition) is 5. The largest absolute Gasteiger partial charge is 0.494 e. The lowest BCUT2D eigenvalue weighted by atomic mass is 9.98. The number of carbonyl (C=O) groups is 1. The number of carbonyl (C=O) groups excluding carboxylic acids is 1. The molecule has 5 rings (SSSR count). The van der Waals surface area contributed by atoms with Crippen LogP contribution in [0, 0.1) is 20.8 Å². The first-order valence-electron chi connectivity index (χ1n) is 10.8. The lowest BCUT2D eigenvalue weighted by Crippen LogP contribution is -2.30. The third-order valence-corrected chi connectivity index (χ3v) is 6.12. The van der Waals surface area contributed by atoms with Crippen molar-refractivity contribution in [2.45, 2.75) is 40.2 Å². The van der Waals surface area contributed by atoms with E-state index in [4.69, 9.17) is 4.74 Å². The Morgan fingerprint density at radius 3 is 2.56 bits per heavy atom. The number of aryl methyl sites for hydroxylation is 3. The van der Waals surface area contributed by atoms with Gasteiger partial charge < -0.3 is 4.74 Å². The molecule has 32 heavy (non-hydrogen) atoms. The van der Waals surface area contributed by atoms with E-state index in [2.05, 4.69) is 22.2 Å². The van der Waals surface area contributed by atoms with Crippen molar-refractivity contribution in [3.63, 3.8) is 0 Å². The molecule has 0 fully saturated rings. The van der Waals surface area contributed by atoms with Gasteiger partial charge in [0.1, 0.15) is 11.6 Å². The van der Waals surface area contributed by atoms with Crippen LogP contribution in [0.4, 0.5) is 5.69 Å². The normalized spacial score (nSPS) is 15.6. The average molecular weight is 431 g/mol. The van der Waals surface area contributed by atoms with Crippen LogP contribution in [0.3, 0.4) is 0 Å². The average Bonchev–Trinajstić information content (AvgIpc) is 3.40. The molecule has 3 aromatic heterocycles. The summed E-state index contributed by atoms with van der Waals surface area (Å²) in [6, 6.07) is 9.72. The molecule has 1 aromatic carbocycles. The van der Waals surface area contributed by atoms with Gasteiger partial charge in [-0.1, -0.05) is 19.1 Å². The first kappa shape index (κ1) is 20.2. The van der Waals surface area contributed by atoms with E-state index in [-0.39, 0.29) is 11.9 Å². The van der Waals surface area contributed by atoms with Crippen LogP contribution in [0.15, 0.2) is 36.5 Å². The number of fused-ring (bicyclic) bond motifs is 2. The van der Waals surface area contributed by atoms with Crippen molar-refractivity contribution in [2.75, 3.05) is 11.5 Å². The first-order chi connectivity index (χ1) is 15.4. The topological polar surface area (TPSA) is 77.6 Å². The lowest BCUT2D eigenvalue weighted by molar-refractivity contribution is 0.0988. The highest BCUT2D eigenvalue weighted by atomic mass is 16.5. The number of rotatable bonds is 5. The number of pyridine rings is 1. The summed E-state index contributed by atoms with van der Waals surface area (Å²) < 4.78 is 9.47. The predicted octanol–water partition coefficient (Wildman–Crippen LogP) is 3.93. The van der Waals surface area contributed by atoms with Crippen LogP contribution in [0.2, 0.25) is 0 Å². The second-order valence-corrected chi connectivity index (χ2v) is 8.29. The summed E-state index contributed by atoms with van der Waals surface area (Å²) >= 11 is 0. The zero-order valence-electron chi connectivity index (χ0n) is 19.0. The van der Waals surface area contributed by atoms with Gasteiger partial charge in [-0.25, -0.2) is 0 Å². The standard InChI is InChI=1S/C24H26N6O2/c1-6-11-32-19-9-7-17(8-10-19)22-20-15(3)28(5)27-21(20)24(31)30(22)18-12-14(2)23-26-25-16(4)29(23)13-18/h7-10,12-13,22H,6,11H2,1-5H3. The molecule has 4 heterocycles. The highest BCUT2D eigenvalue weighted by Gasteiger charge is 2.43. The van der Waals surface area contributed by atoms with Gasteiger partial charge in [0.25, 0.3) is 5.91 Å². The third kappa shape index (κ3) is 2.97. The second kappa shape index (κ2) is 7.47. The van der Waals surface area contributed by atoms with Crippen molar-refractivity contribution < 1.29 is 9.53 Å². The summed E-state index contributed by atoms with van der Waals surface area (Å²) in [6.45, 7) is 8.66. The van der Waals surface area contributed by atoms with Gasteiger partial charge in [0, 0.05) is 24.5 Å². The number of ether oxygens (including phenoxy) is 1. The minimum Gasteiger partial charge on any atom is -0.494 e. The fourth-order valence-electron chi connectivity index (χ4n) is 4.40. The first-order valence-corrected chi connectivity index (χ1v) is 10.8. The zero-order valence-corrected chi connectivity index (χ0v) is 19.0. The molecule has 0 bridgehead atoms. The monoisotopic (exact) mass is 430 g/mol. The maximum Gasteiger partial charge on any atom is 0.280 e. The van der Waals surface area contributed by atoms with Crippen molar-refractivity contribution in [3.8, 4) is 5.75 Å². The molecule has 1 aliphatic heterocycles. The highest BCUT2D eigenvalue weighted by Crippen LogP contribution is 2.43. The van der Waals surface area contributed by atoms with Crippen LogP contribution >= 0.6 is 0 Å². The molecule has 0 radical (unpaired) electrons. The Hall–Kier alpha value is -3.68. The van der Waals surface area contributed by atoms with Crippen molar-refractivity contribution in [2.24, 2.45) is 7.05 Å². The van der Waals surface area contributed by atoms with E-state index in [1.807, 2.05) is 73.6 Å². The summed E-state index contributed by atoms with van der Waals surface area (Å²) in [5.74, 6) is 1.50. The van der Waals surface area contributed by atoms with Crippen LogP contribution in [-0.4, -0.2) is 36.9 Å². The smallest absolute Gasteiger partial charge is 0.280 e. The fraction of sp³-hybridized carbons (Fsp3) is 0.333. The van der Waals surface area contributed by atoms with E-state index < -0.39 is 0 Å². The van der Waals surface area contributed by atoms with Crippen molar-refractivity contribution in [1.29, 1.82) is 0 Å². The molecule has 0 saturated carbocycles. The summed E-state index contributed by atoms with van der Waals surface area (Å²) in [5, 5.41) is 13.0. The number of anilines is 1. The highest BCUT2D eigenvalue weighted by molar-refractivity contribution is 6.10. The molecular formula is C24H26N6O2. The van der Waals surface area contributed by atoms with E-state index >= 15 is 0 Å². The lowest BCUT2D eigenvalue weighted by Gasteiger charge is -2.27.